The van der Waals surface area contributed by atoms with E-state index in [0.717, 1.165) is 6.54 Å². The predicted molar refractivity (Wildman–Crippen MR) is 85.5 cm³/mol. The molecule has 0 radical (unpaired) electrons. The van der Waals surface area contributed by atoms with Crippen LogP contribution in [0.2, 0.25) is 0 Å². The molecule has 1 fully saturated rings. The van der Waals surface area contributed by atoms with Crippen LogP contribution in [0.1, 0.15) is 84.0 Å². The molecule has 1 aliphatic heterocycles. The van der Waals surface area contributed by atoms with Crippen molar-refractivity contribution in [2.75, 3.05) is 19.6 Å². The van der Waals surface area contributed by atoms with E-state index < -0.39 is 0 Å². The Kier molecular flexibility index (Phi) is 10.5. The number of piperidine rings is 1. The largest absolute Gasteiger partial charge is 0.327 e. The molecule has 19 heavy (non-hydrogen) atoms. The van der Waals surface area contributed by atoms with E-state index >= 15 is 0 Å². The fourth-order valence-corrected chi connectivity index (χ4v) is 3.12. The molecule has 1 saturated heterocycles. The van der Waals surface area contributed by atoms with E-state index in [2.05, 4.69) is 11.8 Å². The van der Waals surface area contributed by atoms with Gasteiger partial charge in [-0.1, -0.05) is 64.7 Å². The van der Waals surface area contributed by atoms with Gasteiger partial charge < -0.3 is 10.6 Å². The second kappa shape index (κ2) is 11.7. The summed E-state index contributed by atoms with van der Waals surface area (Å²) in [6, 6.07) is 0.442. The fourth-order valence-electron chi connectivity index (χ4n) is 3.12. The molecule has 0 aromatic carbocycles. The zero-order valence-electron chi connectivity index (χ0n) is 13.2. The second-order valence-corrected chi connectivity index (χ2v) is 6.38. The van der Waals surface area contributed by atoms with Crippen molar-refractivity contribution in [3.05, 3.63) is 0 Å². The lowest BCUT2D eigenvalue weighted by atomic mass is 10.0. The zero-order chi connectivity index (χ0) is 13.8. The van der Waals surface area contributed by atoms with Crippen LogP contribution >= 0.6 is 0 Å². The average Bonchev–Trinajstić information content (AvgIpc) is 2.41. The van der Waals surface area contributed by atoms with Crippen molar-refractivity contribution >= 4 is 0 Å². The summed E-state index contributed by atoms with van der Waals surface area (Å²) in [5.41, 5.74) is 6.00. The minimum absolute atomic E-state index is 0.442. The molecule has 1 rings (SSSR count). The van der Waals surface area contributed by atoms with Crippen LogP contribution in [-0.4, -0.2) is 30.6 Å². The Labute approximate surface area is 121 Å². The van der Waals surface area contributed by atoms with Crippen molar-refractivity contribution in [1.29, 1.82) is 0 Å². The van der Waals surface area contributed by atoms with Gasteiger partial charge in [-0.15, -0.1) is 0 Å². The number of likely N-dealkylation sites (tertiary alicyclic amines) is 1. The fraction of sp³-hybridized carbons (Fsp3) is 1.00. The van der Waals surface area contributed by atoms with Crippen molar-refractivity contribution in [2.24, 2.45) is 5.73 Å². The highest BCUT2D eigenvalue weighted by Crippen LogP contribution is 2.12. The number of rotatable bonds is 11. The van der Waals surface area contributed by atoms with Crippen LogP contribution in [0.25, 0.3) is 0 Å². The molecule has 114 valence electrons. The molecule has 0 unspecified atom stereocenters. The summed E-state index contributed by atoms with van der Waals surface area (Å²) < 4.78 is 0. The molecule has 1 atom stereocenters. The maximum Gasteiger partial charge on any atom is 0.0168 e. The summed E-state index contributed by atoms with van der Waals surface area (Å²) in [7, 11) is 0. The molecular weight excluding hydrogens is 232 g/mol. The maximum absolute atomic E-state index is 6.00. The summed E-state index contributed by atoms with van der Waals surface area (Å²) in [5, 5.41) is 0. The Morgan fingerprint density at radius 1 is 0.895 bits per heavy atom. The Morgan fingerprint density at radius 3 is 2.05 bits per heavy atom. The van der Waals surface area contributed by atoms with Gasteiger partial charge in [-0.25, -0.2) is 0 Å². The smallest absolute Gasteiger partial charge is 0.0168 e. The summed E-state index contributed by atoms with van der Waals surface area (Å²) >= 11 is 0. The molecule has 0 spiro atoms. The van der Waals surface area contributed by atoms with Gasteiger partial charge in [0.05, 0.1) is 0 Å². The van der Waals surface area contributed by atoms with E-state index in [-0.39, 0.29) is 0 Å². The number of unbranched alkanes of at least 4 members (excludes halogenated alkanes) is 9. The molecule has 1 aliphatic rings. The monoisotopic (exact) mass is 268 g/mol. The van der Waals surface area contributed by atoms with E-state index in [4.69, 9.17) is 5.73 Å². The first-order valence-corrected chi connectivity index (χ1v) is 8.81. The Hall–Kier alpha value is -0.0800. The molecule has 0 aromatic heterocycles. The first-order chi connectivity index (χ1) is 9.33. The van der Waals surface area contributed by atoms with Crippen LogP contribution < -0.4 is 5.73 Å². The molecule has 1 heterocycles. The quantitative estimate of drug-likeness (QED) is 0.565. The molecule has 2 N–H and O–H groups in total. The van der Waals surface area contributed by atoms with E-state index in [1.54, 1.807) is 0 Å². The Morgan fingerprint density at radius 2 is 1.47 bits per heavy atom. The van der Waals surface area contributed by atoms with Crippen LogP contribution in [0, 0.1) is 0 Å². The van der Waals surface area contributed by atoms with Crippen molar-refractivity contribution in [3.8, 4) is 0 Å². The molecule has 0 saturated carbocycles. The molecule has 0 aromatic rings. The molecule has 0 bridgehead atoms. The SMILES string of the molecule is CCCCCCCCCCCCN1CCC[C@@H](N)C1. The van der Waals surface area contributed by atoms with Gasteiger partial charge in [0.1, 0.15) is 0 Å². The highest BCUT2D eigenvalue weighted by atomic mass is 15.1. The molecule has 0 amide bonds. The first-order valence-electron chi connectivity index (χ1n) is 8.81. The minimum Gasteiger partial charge on any atom is -0.327 e. The lowest BCUT2D eigenvalue weighted by Gasteiger charge is -2.30. The highest BCUT2D eigenvalue weighted by Gasteiger charge is 2.15. The Balaban J connectivity index is 1.78. The number of nitrogens with two attached hydrogens (primary N) is 1. The van der Waals surface area contributed by atoms with E-state index in [0.29, 0.717) is 6.04 Å². The minimum atomic E-state index is 0.442. The number of hydrogen-bond donors (Lipinski definition) is 1. The van der Waals surface area contributed by atoms with Gasteiger partial charge in [-0.2, -0.15) is 0 Å². The third-order valence-corrected chi connectivity index (χ3v) is 4.37. The Bertz CT molecular complexity index is 194. The summed E-state index contributed by atoms with van der Waals surface area (Å²) in [5.74, 6) is 0. The molecular formula is C17H36N2. The molecule has 2 heteroatoms. The van der Waals surface area contributed by atoms with Crippen LogP contribution in [-0.2, 0) is 0 Å². The average molecular weight is 268 g/mol. The topological polar surface area (TPSA) is 29.3 Å². The van der Waals surface area contributed by atoms with Crippen molar-refractivity contribution < 1.29 is 0 Å². The lowest BCUT2D eigenvalue weighted by molar-refractivity contribution is 0.205. The van der Waals surface area contributed by atoms with Gasteiger partial charge in [0.25, 0.3) is 0 Å². The van der Waals surface area contributed by atoms with Crippen LogP contribution in [0.5, 0.6) is 0 Å². The van der Waals surface area contributed by atoms with Gasteiger partial charge in [0.15, 0.2) is 0 Å². The number of nitrogens with zero attached hydrogens (tertiary/aromatic N) is 1. The van der Waals surface area contributed by atoms with Crippen LogP contribution in [0.4, 0.5) is 0 Å². The van der Waals surface area contributed by atoms with Gasteiger partial charge in [-0.05, 0) is 32.4 Å². The standard InChI is InChI=1S/C17H36N2/c1-2-3-4-5-6-7-8-9-10-11-14-19-15-12-13-17(18)16-19/h17H,2-16,18H2,1H3/t17-/m1/s1. The second-order valence-electron chi connectivity index (χ2n) is 6.38. The van der Waals surface area contributed by atoms with Crippen molar-refractivity contribution in [2.45, 2.75) is 90.0 Å². The third kappa shape index (κ3) is 9.45. The van der Waals surface area contributed by atoms with Gasteiger partial charge in [0.2, 0.25) is 0 Å². The highest BCUT2D eigenvalue weighted by molar-refractivity contribution is 4.74. The molecule has 0 aliphatic carbocycles. The van der Waals surface area contributed by atoms with Crippen molar-refractivity contribution in [3.63, 3.8) is 0 Å². The normalized spacial score (nSPS) is 20.8. The third-order valence-electron chi connectivity index (χ3n) is 4.37. The summed E-state index contributed by atoms with van der Waals surface area (Å²) in [4.78, 5) is 2.57. The van der Waals surface area contributed by atoms with Gasteiger partial charge in [-0.3, -0.25) is 0 Å². The van der Waals surface area contributed by atoms with Crippen LogP contribution in [0.15, 0.2) is 0 Å². The van der Waals surface area contributed by atoms with E-state index in [1.165, 1.54) is 90.1 Å². The summed E-state index contributed by atoms with van der Waals surface area (Å²) in [6.45, 7) is 5.99. The number of hydrogen-bond acceptors (Lipinski definition) is 2. The van der Waals surface area contributed by atoms with Gasteiger partial charge in [0, 0.05) is 12.6 Å². The van der Waals surface area contributed by atoms with E-state index in [9.17, 15) is 0 Å². The van der Waals surface area contributed by atoms with Crippen LogP contribution in [0.3, 0.4) is 0 Å². The zero-order valence-corrected chi connectivity index (χ0v) is 13.2. The predicted octanol–water partition coefficient (Wildman–Crippen LogP) is 4.33. The van der Waals surface area contributed by atoms with Gasteiger partial charge >= 0.3 is 0 Å². The molecule has 2 nitrogen and oxygen atoms in total. The van der Waals surface area contributed by atoms with E-state index in [1.807, 2.05) is 0 Å². The lowest BCUT2D eigenvalue weighted by Crippen LogP contribution is -2.43. The van der Waals surface area contributed by atoms with Crippen molar-refractivity contribution in [1.82, 2.24) is 4.90 Å². The first kappa shape index (κ1) is 17.0. The summed E-state index contributed by atoms with van der Waals surface area (Å²) in [6.07, 6.45) is 16.8. The maximum atomic E-state index is 6.00.